The highest BCUT2D eigenvalue weighted by molar-refractivity contribution is 7.73. The molecule has 0 spiro atoms. The van der Waals surface area contributed by atoms with Gasteiger partial charge in [0.15, 0.2) is 0 Å². The van der Waals surface area contributed by atoms with E-state index in [1.807, 2.05) is 0 Å². The molecule has 0 saturated heterocycles. The summed E-state index contributed by atoms with van der Waals surface area (Å²) >= 11 is 0. The first-order valence-corrected chi connectivity index (χ1v) is 11.2. The van der Waals surface area contributed by atoms with Crippen molar-refractivity contribution < 1.29 is 0 Å². The van der Waals surface area contributed by atoms with Gasteiger partial charge >= 0.3 is 0 Å². The Morgan fingerprint density at radius 1 is 0.650 bits per heavy atom. The monoisotopic (exact) mass is 302 g/mol. The van der Waals surface area contributed by atoms with Crippen LogP contribution in [0.5, 0.6) is 0 Å². The van der Waals surface area contributed by atoms with Gasteiger partial charge in [-0.05, 0) is 57.0 Å². The van der Waals surface area contributed by atoms with Crippen LogP contribution in [0.1, 0.15) is 12.8 Å². The molecular weight excluding hydrogens is 278 g/mol. The molecule has 20 heavy (non-hydrogen) atoms. The Balaban J connectivity index is 2.06. The van der Waals surface area contributed by atoms with Crippen LogP contribution in [-0.2, 0) is 0 Å². The van der Waals surface area contributed by atoms with E-state index in [0.29, 0.717) is 0 Å². The van der Waals surface area contributed by atoms with Crippen LogP contribution in [0.4, 0.5) is 0 Å². The van der Waals surface area contributed by atoms with Gasteiger partial charge in [0, 0.05) is 0 Å². The Morgan fingerprint density at radius 3 is 1.55 bits per heavy atom. The highest BCUT2D eigenvalue weighted by atomic mass is 31.1. The van der Waals surface area contributed by atoms with Crippen molar-refractivity contribution in [3.63, 3.8) is 0 Å². The van der Waals surface area contributed by atoms with Crippen LogP contribution in [-0.4, -0.2) is 25.7 Å². The number of rotatable bonds is 7. The van der Waals surface area contributed by atoms with E-state index in [1.165, 1.54) is 35.8 Å². The van der Waals surface area contributed by atoms with Gasteiger partial charge in [0.1, 0.15) is 0 Å². The minimum Gasteiger partial charge on any atom is -0.113 e. The van der Waals surface area contributed by atoms with Gasteiger partial charge in [-0.3, -0.25) is 0 Å². The molecule has 0 aliphatic carbocycles. The molecule has 0 heterocycles. The van der Waals surface area contributed by atoms with Crippen LogP contribution in [0.3, 0.4) is 0 Å². The van der Waals surface area contributed by atoms with Crippen molar-refractivity contribution in [2.75, 3.05) is 25.7 Å². The van der Waals surface area contributed by atoms with E-state index in [4.69, 9.17) is 0 Å². The van der Waals surface area contributed by atoms with Crippen molar-refractivity contribution in [3.05, 3.63) is 60.7 Å². The summed E-state index contributed by atoms with van der Waals surface area (Å²) in [5.74, 6) is 0. The Kier molecular flexibility index (Phi) is 6.71. The van der Waals surface area contributed by atoms with Crippen molar-refractivity contribution in [1.82, 2.24) is 0 Å². The van der Waals surface area contributed by atoms with Crippen LogP contribution in [0.2, 0.25) is 0 Å². The maximum Gasteiger partial charge on any atom is -0.0195 e. The van der Waals surface area contributed by atoms with Gasteiger partial charge in [-0.15, -0.1) is 7.92 Å². The van der Waals surface area contributed by atoms with Crippen molar-refractivity contribution in [2.24, 2.45) is 0 Å². The molecular formula is C18H24P2. The highest BCUT2D eigenvalue weighted by Crippen LogP contribution is 2.35. The molecule has 2 aromatic rings. The van der Waals surface area contributed by atoms with Crippen molar-refractivity contribution >= 4 is 26.5 Å². The minimum absolute atomic E-state index is 0.175. The van der Waals surface area contributed by atoms with Crippen LogP contribution in [0.25, 0.3) is 0 Å². The molecule has 0 N–H and O–H groups in total. The summed E-state index contributed by atoms with van der Waals surface area (Å²) in [7, 11) is 0.0928. The molecule has 0 radical (unpaired) electrons. The van der Waals surface area contributed by atoms with Gasteiger partial charge in [0.05, 0.1) is 0 Å². The third-order valence-electron chi connectivity index (χ3n) is 3.37. The lowest BCUT2D eigenvalue weighted by atomic mass is 10.4. The Morgan fingerprint density at radius 2 is 1.10 bits per heavy atom. The van der Waals surface area contributed by atoms with E-state index in [0.717, 1.165) is 0 Å². The number of benzene rings is 2. The molecule has 0 saturated carbocycles. The Labute approximate surface area is 126 Å². The zero-order valence-corrected chi connectivity index (χ0v) is 14.3. The minimum atomic E-state index is -0.175. The van der Waals surface area contributed by atoms with E-state index in [9.17, 15) is 0 Å². The van der Waals surface area contributed by atoms with E-state index in [1.54, 1.807) is 0 Å². The SMILES string of the molecule is CP(C)CCCCP(c1ccccc1)c1ccccc1. The van der Waals surface area contributed by atoms with Crippen molar-refractivity contribution in [3.8, 4) is 0 Å². The van der Waals surface area contributed by atoms with Crippen LogP contribution >= 0.6 is 15.8 Å². The molecule has 0 atom stereocenters. The molecule has 0 fully saturated rings. The van der Waals surface area contributed by atoms with Crippen molar-refractivity contribution in [2.45, 2.75) is 12.8 Å². The smallest absolute Gasteiger partial charge is 0.0195 e. The van der Waals surface area contributed by atoms with Gasteiger partial charge in [-0.2, -0.15) is 0 Å². The fourth-order valence-corrected chi connectivity index (χ4v) is 5.60. The Hall–Kier alpha value is -0.700. The molecule has 2 rings (SSSR count). The predicted molar refractivity (Wildman–Crippen MR) is 96.8 cm³/mol. The average molecular weight is 302 g/mol. The molecule has 0 bridgehead atoms. The predicted octanol–water partition coefficient (Wildman–Crippen LogP) is 4.64. The summed E-state index contributed by atoms with van der Waals surface area (Å²) < 4.78 is 0. The second kappa shape index (κ2) is 8.56. The first-order chi connectivity index (χ1) is 9.77. The fraction of sp³-hybridized carbons (Fsp3) is 0.333. The fourth-order valence-electron chi connectivity index (χ4n) is 2.32. The number of hydrogen-bond donors (Lipinski definition) is 0. The van der Waals surface area contributed by atoms with E-state index < -0.39 is 0 Å². The third-order valence-corrected chi connectivity index (χ3v) is 7.19. The normalized spacial score (nSPS) is 11.2. The largest absolute Gasteiger partial charge is 0.113 e. The first kappa shape index (κ1) is 15.7. The number of hydrogen-bond acceptors (Lipinski definition) is 0. The molecule has 106 valence electrons. The quantitative estimate of drug-likeness (QED) is 0.516. The second-order valence-corrected chi connectivity index (χ2v) is 10.3. The maximum atomic E-state index is 2.38. The van der Waals surface area contributed by atoms with Gasteiger partial charge < -0.3 is 0 Å². The van der Waals surface area contributed by atoms with Crippen LogP contribution in [0.15, 0.2) is 60.7 Å². The molecule has 0 nitrogen and oxygen atoms in total. The van der Waals surface area contributed by atoms with E-state index in [2.05, 4.69) is 74.0 Å². The summed E-state index contributed by atoms with van der Waals surface area (Å²) in [4.78, 5) is 0. The molecule has 2 heteroatoms. The zero-order chi connectivity index (χ0) is 14.2. The molecule has 0 aromatic heterocycles. The first-order valence-electron chi connectivity index (χ1n) is 7.30. The summed E-state index contributed by atoms with van der Waals surface area (Å²) in [6.07, 6.45) is 5.49. The summed E-state index contributed by atoms with van der Waals surface area (Å²) in [5.41, 5.74) is 0. The summed E-state index contributed by atoms with van der Waals surface area (Å²) in [6.45, 7) is 4.76. The maximum absolute atomic E-state index is 2.38. The van der Waals surface area contributed by atoms with Crippen LogP contribution < -0.4 is 10.6 Å². The molecule has 0 amide bonds. The average Bonchev–Trinajstić information content (AvgIpc) is 2.49. The van der Waals surface area contributed by atoms with Gasteiger partial charge in [-0.1, -0.05) is 60.7 Å². The van der Waals surface area contributed by atoms with Gasteiger partial charge in [0.25, 0.3) is 0 Å². The third kappa shape index (κ3) is 5.01. The van der Waals surface area contributed by atoms with Crippen LogP contribution in [0, 0.1) is 0 Å². The zero-order valence-electron chi connectivity index (χ0n) is 12.5. The molecule has 0 aliphatic heterocycles. The molecule has 0 unspecified atom stereocenters. The lowest BCUT2D eigenvalue weighted by molar-refractivity contribution is 0.900. The Bertz CT molecular complexity index is 440. The standard InChI is InChI=1S/C18H24P2/c1-19(2)15-9-10-16-20(17-11-5-3-6-12-17)18-13-7-4-8-14-18/h3-8,11-14H,9-10,15-16H2,1-2H3. The number of unbranched alkanes of at least 4 members (excludes halogenated alkanes) is 1. The van der Waals surface area contributed by atoms with Crippen molar-refractivity contribution in [1.29, 1.82) is 0 Å². The second-order valence-electron chi connectivity index (χ2n) is 5.33. The lowest BCUT2D eigenvalue weighted by Crippen LogP contribution is -2.13. The van der Waals surface area contributed by atoms with E-state index >= 15 is 0 Å². The van der Waals surface area contributed by atoms with Gasteiger partial charge in [0.2, 0.25) is 0 Å². The van der Waals surface area contributed by atoms with E-state index in [-0.39, 0.29) is 15.8 Å². The highest BCUT2D eigenvalue weighted by Gasteiger charge is 2.12. The summed E-state index contributed by atoms with van der Waals surface area (Å²) in [5, 5.41) is 3.04. The molecule has 0 aliphatic rings. The summed E-state index contributed by atoms with van der Waals surface area (Å²) in [6, 6.07) is 22.1. The molecule has 2 aromatic carbocycles. The van der Waals surface area contributed by atoms with Gasteiger partial charge in [-0.25, -0.2) is 0 Å². The lowest BCUT2D eigenvalue weighted by Gasteiger charge is -2.19. The topological polar surface area (TPSA) is 0 Å².